The van der Waals surface area contributed by atoms with Crippen molar-refractivity contribution in [2.75, 3.05) is 24.6 Å². The summed E-state index contributed by atoms with van der Waals surface area (Å²) >= 11 is 1.77. The second-order valence-electron chi connectivity index (χ2n) is 5.19. The number of sulfonamides is 1. The van der Waals surface area contributed by atoms with Crippen LogP contribution in [0.25, 0.3) is 0 Å². The Hall–Kier alpha value is -1.12. The van der Waals surface area contributed by atoms with Crippen LogP contribution < -0.4 is 4.72 Å². The summed E-state index contributed by atoms with van der Waals surface area (Å²) < 4.78 is 40.2. The van der Waals surface area contributed by atoms with Crippen molar-refractivity contribution in [3.8, 4) is 0 Å². The van der Waals surface area contributed by atoms with Gasteiger partial charge < -0.3 is 4.90 Å². The van der Waals surface area contributed by atoms with E-state index in [9.17, 15) is 17.6 Å². The number of halogens is 1. The third-order valence-electron chi connectivity index (χ3n) is 3.46. The molecule has 0 aliphatic carbocycles. The van der Waals surface area contributed by atoms with Crippen molar-refractivity contribution in [1.29, 1.82) is 0 Å². The highest BCUT2D eigenvalue weighted by molar-refractivity contribution is 7.99. The van der Waals surface area contributed by atoms with Gasteiger partial charge in [0.05, 0.1) is 10.9 Å². The van der Waals surface area contributed by atoms with Crippen LogP contribution in [-0.4, -0.2) is 49.9 Å². The van der Waals surface area contributed by atoms with E-state index in [1.807, 2.05) is 0 Å². The van der Waals surface area contributed by atoms with Gasteiger partial charge in [-0.25, -0.2) is 12.8 Å². The fourth-order valence-corrected chi connectivity index (χ4v) is 4.38. The van der Waals surface area contributed by atoms with Gasteiger partial charge in [-0.3, -0.25) is 4.79 Å². The molecule has 122 valence electrons. The van der Waals surface area contributed by atoms with Gasteiger partial charge in [-0.15, -0.1) is 0 Å². The minimum atomic E-state index is -3.85. The summed E-state index contributed by atoms with van der Waals surface area (Å²) in [7, 11) is -3.85. The van der Waals surface area contributed by atoms with Gasteiger partial charge in [0.2, 0.25) is 15.9 Å². The molecule has 0 spiro atoms. The van der Waals surface area contributed by atoms with Crippen LogP contribution in [0.3, 0.4) is 0 Å². The maximum absolute atomic E-state index is 13.2. The van der Waals surface area contributed by atoms with Gasteiger partial charge in [0.25, 0.3) is 0 Å². The van der Waals surface area contributed by atoms with Gasteiger partial charge in [0.15, 0.2) is 0 Å². The molecule has 1 N–H and O–H groups in total. The fraction of sp³-hybridized carbons (Fsp3) is 0.500. The minimum absolute atomic E-state index is 0.0414. The number of benzene rings is 1. The van der Waals surface area contributed by atoms with Gasteiger partial charge in [0, 0.05) is 24.6 Å². The zero-order valence-corrected chi connectivity index (χ0v) is 14.1. The van der Waals surface area contributed by atoms with Crippen molar-refractivity contribution in [3.05, 3.63) is 29.6 Å². The number of carbonyl (C=O) groups excluding carboxylic acids is 1. The van der Waals surface area contributed by atoms with Crippen LogP contribution >= 0.6 is 11.8 Å². The molecule has 1 atom stereocenters. The molecule has 1 aliphatic heterocycles. The molecule has 1 aromatic rings. The number of nitrogens with zero attached hydrogens (tertiary/aromatic N) is 1. The zero-order chi connectivity index (χ0) is 16.3. The van der Waals surface area contributed by atoms with Gasteiger partial charge in [-0.1, -0.05) is 0 Å². The van der Waals surface area contributed by atoms with Gasteiger partial charge in [-0.2, -0.15) is 16.5 Å². The molecule has 1 unspecified atom stereocenters. The lowest BCUT2D eigenvalue weighted by Gasteiger charge is -2.29. The van der Waals surface area contributed by atoms with Crippen LogP contribution in [0.4, 0.5) is 4.39 Å². The molecule has 1 amide bonds. The molecule has 2 rings (SSSR count). The highest BCUT2D eigenvalue weighted by Gasteiger charge is 2.27. The molecule has 1 saturated heterocycles. The van der Waals surface area contributed by atoms with Crippen LogP contribution in [0.5, 0.6) is 0 Å². The summed E-state index contributed by atoms with van der Waals surface area (Å²) in [6, 6.07) is 2.71. The van der Waals surface area contributed by atoms with Crippen molar-refractivity contribution < 1.29 is 17.6 Å². The zero-order valence-electron chi connectivity index (χ0n) is 12.5. The molecule has 0 saturated carbocycles. The summed E-state index contributed by atoms with van der Waals surface area (Å²) in [4.78, 5) is 13.9. The van der Waals surface area contributed by atoms with E-state index >= 15 is 0 Å². The highest BCUT2D eigenvalue weighted by atomic mass is 32.2. The van der Waals surface area contributed by atoms with E-state index in [1.54, 1.807) is 16.7 Å². The molecule has 1 heterocycles. The SMILES string of the molecule is Cc1cc(S(=O)(=O)NC(C)C(=O)N2CCSCC2)ccc1F. The van der Waals surface area contributed by atoms with Gasteiger partial charge in [0.1, 0.15) is 5.82 Å². The molecular formula is C14H19FN2O3S2. The van der Waals surface area contributed by atoms with Crippen molar-refractivity contribution in [1.82, 2.24) is 9.62 Å². The maximum Gasteiger partial charge on any atom is 0.241 e. The lowest BCUT2D eigenvalue weighted by Crippen LogP contribution is -2.49. The Kier molecular flexibility index (Phi) is 5.46. The topological polar surface area (TPSA) is 66.5 Å². The quantitative estimate of drug-likeness (QED) is 0.894. The van der Waals surface area contributed by atoms with E-state index in [0.717, 1.165) is 17.6 Å². The first kappa shape index (κ1) is 17.2. The second kappa shape index (κ2) is 6.97. The Labute approximate surface area is 134 Å². The van der Waals surface area contributed by atoms with Crippen LogP contribution in [0, 0.1) is 12.7 Å². The number of hydrogen-bond donors (Lipinski definition) is 1. The van der Waals surface area contributed by atoms with Crippen LogP contribution in [0.2, 0.25) is 0 Å². The molecular weight excluding hydrogens is 327 g/mol. The maximum atomic E-state index is 13.2. The fourth-order valence-electron chi connectivity index (χ4n) is 2.19. The standard InChI is InChI=1S/C14H19FN2O3S2/c1-10-9-12(3-4-13(10)15)22(19,20)16-11(2)14(18)17-5-7-21-8-6-17/h3-4,9,11,16H,5-8H2,1-2H3. The number of hydrogen-bond acceptors (Lipinski definition) is 4. The summed E-state index contributed by atoms with van der Waals surface area (Å²) in [5.41, 5.74) is 0.245. The molecule has 0 aromatic heterocycles. The summed E-state index contributed by atoms with van der Waals surface area (Å²) in [5.74, 6) is 1.03. The van der Waals surface area contributed by atoms with E-state index in [-0.39, 0.29) is 16.4 Å². The van der Waals surface area contributed by atoms with E-state index < -0.39 is 21.9 Å². The van der Waals surface area contributed by atoms with E-state index in [2.05, 4.69) is 4.72 Å². The monoisotopic (exact) mass is 346 g/mol. The Balaban J connectivity index is 2.10. The summed E-state index contributed by atoms with van der Waals surface area (Å²) in [6.45, 7) is 4.28. The number of thioether (sulfide) groups is 1. The first-order valence-electron chi connectivity index (χ1n) is 6.96. The number of aryl methyl sites for hydroxylation is 1. The molecule has 1 aromatic carbocycles. The molecule has 0 bridgehead atoms. The van der Waals surface area contributed by atoms with Gasteiger partial charge >= 0.3 is 0 Å². The lowest BCUT2D eigenvalue weighted by atomic mass is 10.2. The predicted octanol–water partition coefficient (Wildman–Crippen LogP) is 1.38. The van der Waals surface area contributed by atoms with E-state index in [4.69, 9.17) is 0 Å². The molecule has 22 heavy (non-hydrogen) atoms. The summed E-state index contributed by atoms with van der Waals surface area (Å²) in [5, 5.41) is 0. The highest BCUT2D eigenvalue weighted by Crippen LogP contribution is 2.15. The minimum Gasteiger partial charge on any atom is -0.340 e. The Morgan fingerprint density at radius 3 is 2.59 bits per heavy atom. The number of carbonyl (C=O) groups is 1. The van der Waals surface area contributed by atoms with E-state index in [0.29, 0.717) is 13.1 Å². The van der Waals surface area contributed by atoms with Crippen LogP contribution in [-0.2, 0) is 14.8 Å². The first-order valence-corrected chi connectivity index (χ1v) is 9.60. The number of nitrogens with one attached hydrogen (secondary N) is 1. The average Bonchev–Trinajstić information content (AvgIpc) is 2.49. The van der Waals surface area contributed by atoms with Crippen molar-refractivity contribution in [3.63, 3.8) is 0 Å². The van der Waals surface area contributed by atoms with Crippen molar-refractivity contribution >= 4 is 27.7 Å². The molecule has 5 nitrogen and oxygen atoms in total. The Bertz CT molecular complexity index is 658. The number of rotatable bonds is 4. The third-order valence-corrected chi connectivity index (χ3v) is 5.95. The summed E-state index contributed by atoms with van der Waals surface area (Å²) in [6.07, 6.45) is 0. The molecule has 1 fully saturated rings. The lowest BCUT2D eigenvalue weighted by molar-refractivity contribution is -0.132. The molecule has 8 heteroatoms. The van der Waals surface area contributed by atoms with Crippen molar-refractivity contribution in [2.45, 2.75) is 24.8 Å². The second-order valence-corrected chi connectivity index (χ2v) is 8.13. The number of amides is 1. The largest absolute Gasteiger partial charge is 0.340 e. The first-order chi connectivity index (χ1) is 10.3. The van der Waals surface area contributed by atoms with Crippen LogP contribution in [0.15, 0.2) is 23.1 Å². The van der Waals surface area contributed by atoms with Crippen LogP contribution in [0.1, 0.15) is 12.5 Å². The predicted molar refractivity (Wildman–Crippen MR) is 84.8 cm³/mol. The average molecular weight is 346 g/mol. The Morgan fingerprint density at radius 2 is 2.00 bits per heavy atom. The van der Waals surface area contributed by atoms with Gasteiger partial charge in [-0.05, 0) is 37.6 Å². The van der Waals surface area contributed by atoms with E-state index in [1.165, 1.54) is 26.0 Å². The molecule has 0 radical (unpaired) electrons. The Morgan fingerprint density at radius 1 is 1.36 bits per heavy atom. The molecule has 1 aliphatic rings. The van der Waals surface area contributed by atoms with Crippen molar-refractivity contribution in [2.24, 2.45) is 0 Å². The third kappa shape index (κ3) is 3.99. The smallest absolute Gasteiger partial charge is 0.241 e. The normalized spacial score (nSPS) is 17.3.